The minimum Gasteiger partial charge on any atom is -0.428 e. The molecule has 0 bridgehead atoms. The highest BCUT2D eigenvalue weighted by molar-refractivity contribution is 5.64. The van der Waals surface area contributed by atoms with E-state index < -0.39 is 0 Å². The average Bonchev–Trinajstić information content (AvgIpc) is 2.64. The van der Waals surface area contributed by atoms with Crippen LogP contribution in [0.4, 0.5) is 0 Å². The van der Waals surface area contributed by atoms with Gasteiger partial charge < -0.3 is 5.21 Å². The molecule has 4 heteroatoms. The molecule has 0 atom stereocenters. The number of rotatable bonds is 4. The van der Waals surface area contributed by atoms with E-state index in [0.29, 0.717) is 35.6 Å². The van der Waals surface area contributed by atoms with Crippen molar-refractivity contribution < 1.29 is 9.63 Å². The molecule has 0 aliphatic heterocycles. The quantitative estimate of drug-likeness (QED) is 0.581. The van der Waals surface area contributed by atoms with Gasteiger partial charge in [0.15, 0.2) is 0 Å². The van der Waals surface area contributed by atoms with Crippen molar-refractivity contribution in [1.82, 2.24) is 4.73 Å². The van der Waals surface area contributed by atoms with Crippen LogP contribution >= 0.6 is 0 Å². The molecule has 0 aliphatic carbocycles. The average molecular weight is 321 g/mol. The van der Waals surface area contributed by atoms with Crippen LogP contribution in [0.5, 0.6) is 0 Å². The van der Waals surface area contributed by atoms with Gasteiger partial charge in [-0.25, -0.2) is 0 Å². The van der Waals surface area contributed by atoms with Gasteiger partial charge in [-0.1, -0.05) is 50.2 Å². The van der Waals surface area contributed by atoms with E-state index in [0.717, 1.165) is 15.6 Å². The summed E-state index contributed by atoms with van der Waals surface area (Å²) in [6.07, 6.45) is 1.12. The van der Waals surface area contributed by atoms with E-state index in [9.17, 15) is 10.1 Å². The summed E-state index contributed by atoms with van der Waals surface area (Å²) in [6, 6.07) is 19.0. The lowest BCUT2D eigenvalue weighted by Gasteiger charge is -2.12. The third-order valence-electron chi connectivity index (χ3n) is 4.23. The molecule has 2 aromatic carbocycles. The van der Waals surface area contributed by atoms with Gasteiger partial charge >= 0.3 is 0 Å². The standard InChI is InChI=1S/C20H21N2O2/c1-3-17-19(15-11-7-5-8-12-15)22(24)20(18(4-2)21(17)23)16-13-9-6-10-14-16/h5-14,23H,3-4H2,1-2H3/q+1. The first-order valence-electron chi connectivity index (χ1n) is 8.22. The molecular weight excluding hydrogens is 300 g/mol. The van der Waals surface area contributed by atoms with Crippen molar-refractivity contribution in [3.63, 3.8) is 0 Å². The second-order valence-electron chi connectivity index (χ2n) is 5.64. The SMILES string of the molecule is CCc1c(-c2ccccc2)[n+](=O)c(-c2ccccc2)c(CC)n1O. The maximum Gasteiger partial charge on any atom is 0.293 e. The van der Waals surface area contributed by atoms with E-state index in [4.69, 9.17) is 0 Å². The van der Waals surface area contributed by atoms with Gasteiger partial charge in [-0.3, -0.25) is 0 Å². The fraction of sp³-hybridized carbons (Fsp3) is 0.200. The van der Waals surface area contributed by atoms with Gasteiger partial charge in [0.2, 0.25) is 0 Å². The van der Waals surface area contributed by atoms with Crippen LogP contribution in [0.15, 0.2) is 60.7 Å². The van der Waals surface area contributed by atoms with Crippen LogP contribution in [0.1, 0.15) is 25.2 Å². The molecule has 1 aromatic heterocycles. The molecule has 0 spiro atoms. The molecule has 0 saturated heterocycles. The largest absolute Gasteiger partial charge is 0.428 e. The van der Waals surface area contributed by atoms with E-state index in [2.05, 4.69) is 0 Å². The zero-order chi connectivity index (χ0) is 17.1. The molecule has 3 rings (SSSR count). The summed E-state index contributed by atoms with van der Waals surface area (Å²) < 4.78 is 2.16. The van der Waals surface area contributed by atoms with Crippen molar-refractivity contribution >= 4 is 0 Å². The summed E-state index contributed by atoms with van der Waals surface area (Å²) in [4.78, 5) is 13.3. The molecule has 4 nitrogen and oxygen atoms in total. The lowest BCUT2D eigenvalue weighted by Crippen LogP contribution is -2.30. The predicted octanol–water partition coefficient (Wildman–Crippen LogP) is 4.10. The Kier molecular flexibility index (Phi) is 4.47. The normalized spacial score (nSPS) is 10.8. The number of aromatic nitrogens is 2. The second kappa shape index (κ2) is 6.71. The van der Waals surface area contributed by atoms with Gasteiger partial charge in [-0.2, -0.15) is 4.73 Å². The number of hydrogen-bond donors (Lipinski definition) is 1. The molecule has 0 radical (unpaired) electrons. The van der Waals surface area contributed by atoms with E-state index in [1.54, 1.807) is 0 Å². The predicted molar refractivity (Wildman–Crippen MR) is 94.6 cm³/mol. The Morgan fingerprint density at radius 3 is 1.50 bits per heavy atom. The molecule has 1 N–H and O–H groups in total. The summed E-state index contributed by atoms with van der Waals surface area (Å²) in [5.74, 6) is 0. The van der Waals surface area contributed by atoms with Crippen LogP contribution in [-0.4, -0.2) is 9.94 Å². The Labute approximate surface area is 141 Å². The number of hydrogen-bond acceptors (Lipinski definition) is 2. The molecule has 0 unspecified atom stereocenters. The maximum atomic E-state index is 13.3. The van der Waals surface area contributed by atoms with Gasteiger partial charge in [0.05, 0.1) is 15.6 Å². The first-order chi connectivity index (χ1) is 11.7. The number of benzene rings is 2. The van der Waals surface area contributed by atoms with Gasteiger partial charge in [0.25, 0.3) is 11.4 Å². The van der Waals surface area contributed by atoms with E-state index in [1.807, 2.05) is 74.5 Å². The Bertz CT molecular complexity index is 829. The highest BCUT2D eigenvalue weighted by Gasteiger charge is 2.30. The summed E-state index contributed by atoms with van der Waals surface area (Å²) in [6.45, 7) is 3.88. The van der Waals surface area contributed by atoms with Crippen LogP contribution in [0.25, 0.3) is 22.5 Å². The summed E-state index contributed by atoms with van der Waals surface area (Å²) in [5.41, 5.74) is 3.83. The Balaban J connectivity index is 2.43. The molecule has 0 aliphatic rings. The van der Waals surface area contributed by atoms with Gasteiger partial charge in [-0.15, -0.1) is 0 Å². The molecule has 3 aromatic rings. The van der Waals surface area contributed by atoms with Gasteiger partial charge in [-0.05, 0) is 37.1 Å². The molecule has 122 valence electrons. The zero-order valence-electron chi connectivity index (χ0n) is 13.9. The first kappa shape index (κ1) is 16.0. The molecular formula is C20H21N2O2+. The van der Waals surface area contributed by atoms with Crippen LogP contribution in [0, 0.1) is 4.91 Å². The van der Waals surface area contributed by atoms with Crippen LogP contribution < -0.4 is 4.43 Å². The fourth-order valence-electron chi connectivity index (χ4n) is 3.10. The monoisotopic (exact) mass is 321 g/mol. The Morgan fingerprint density at radius 1 is 0.792 bits per heavy atom. The van der Waals surface area contributed by atoms with E-state index in [-0.39, 0.29) is 0 Å². The minimum absolute atomic E-state index is 0.497. The fourth-order valence-corrected chi connectivity index (χ4v) is 3.10. The molecule has 0 fully saturated rings. The minimum atomic E-state index is 0.497. The third-order valence-corrected chi connectivity index (χ3v) is 4.23. The van der Waals surface area contributed by atoms with Crippen molar-refractivity contribution in [2.24, 2.45) is 0 Å². The first-order valence-corrected chi connectivity index (χ1v) is 8.22. The van der Waals surface area contributed by atoms with Crippen molar-refractivity contribution in [1.29, 1.82) is 0 Å². The van der Waals surface area contributed by atoms with E-state index in [1.165, 1.54) is 4.73 Å². The lowest BCUT2D eigenvalue weighted by atomic mass is 10.0. The summed E-state index contributed by atoms with van der Waals surface area (Å²) in [7, 11) is 0. The highest BCUT2D eigenvalue weighted by Crippen LogP contribution is 2.27. The highest BCUT2D eigenvalue weighted by atomic mass is 16.5. The van der Waals surface area contributed by atoms with Gasteiger partial charge in [0.1, 0.15) is 11.4 Å². The van der Waals surface area contributed by atoms with Crippen LogP contribution in [0.3, 0.4) is 0 Å². The maximum absolute atomic E-state index is 13.3. The van der Waals surface area contributed by atoms with Crippen molar-refractivity contribution in [2.45, 2.75) is 26.7 Å². The van der Waals surface area contributed by atoms with Crippen molar-refractivity contribution in [3.8, 4) is 22.5 Å². The second-order valence-corrected chi connectivity index (χ2v) is 5.64. The van der Waals surface area contributed by atoms with Crippen LogP contribution in [-0.2, 0) is 12.8 Å². The van der Waals surface area contributed by atoms with Gasteiger partial charge in [0, 0.05) is 4.91 Å². The van der Waals surface area contributed by atoms with Crippen LogP contribution in [0.2, 0.25) is 0 Å². The lowest BCUT2D eigenvalue weighted by molar-refractivity contribution is -0.472. The third kappa shape index (κ3) is 2.60. The summed E-state index contributed by atoms with van der Waals surface area (Å²) in [5, 5.41) is 10.8. The molecule has 0 amide bonds. The molecule has 1 heterocycles. The zero-order valence-corrected chi connectivity index (χ0v) is 13.9. The van der Waals surface area contributed by atoms with Crippen molar-refractivity contribution in [2.75, 3.05) is 0 Å². The van der Waals surface area contributed by atoms with E-state index >= 15 is 0 Å². The topological polar surface area (TPSA) is 48.1 Å². The Hall–Kier alpha value is -2.88. The smallest absolute Gasteiger partial charge is 0.293 e. The molecule has 0 saturated carbocycles. The summed E-state index contributed by atoms with van der Waals surface area (Å²) >= 11 is 0. The van der Waals surface area contributed by atoms with Crippen molar-refractivity contribution in [3.05, 3.63) is 77.0 Å². The Morgan fingerprint density at radius 2 is 1.17 bits per heavy atom. The number of nitrogens with zero attached hydrogens (tertiary/aromatic N) is 2. The molecule has 24 heavy (non-hydrogen) atoms.